The van der Waals surface area contributed by atoms with Gasteiger partial charge in [0.15, 0.2) is 23.1 Å². The standard InChI is InChI=1S/C14H16O4/c1-2-3-7-18-12-8-11(16)9-5-4-6-10(15)13(9)14(12)17/h4,6,8-9,17H,2-3,5,7H2,1H3. The molecule has 2 aliphatic carbocycles. The van der Waals surface area contributed by atoms with Crippen LogP contribution in [-0.4, -0.2) is 23.3 Å². The second-order valence-electron chi connectivity index (χ2n) is 4.43. The van der Waals surface area contributed by atoms with Crippen LogP contribution in [0.4, 0.5) is 0 Å². The number of carbonyl (C=O) groups excluding carboxylic acids is 2. The maximum atomic E-state index is 11.9. The molecule has 1 N–H and O–H groups in total. The van der Waals surface area contributed by atoms with Crippen molar-refractivity contribution in [2.75, 3.05) is 6.61 Å². The van der Waals surface area contributed by atoms with Crippen LogP contribution in [0.5, 0.6) is 0 Å². The number of allylic oxidation sites excluding steroid dienone is 4. The van der Waals surface area contributed by atoms with Crippen molar-refractivity contribution in [2.45, 2.75) is 26.2 Å². The zero-order valence-electron chi connectivity index (χ0n) is 10.3. The molecule has 2 rings (SSSR count). The predicted octanol–water partition coefficient (Wildman–Crippen LogP) is 2.23. The van der Waals surface area contributed by atoms with Gasteiger partial charge in [0.05, 0.1) is 18.1 Å². The molecule has 1 atom stereocenters. The molecule has 0 heterocycles. The molecule has 0 aromatic rings. The van der Waals surface area contributed by atoms with Crippen LogP contribution in [0.25, 0.3) is 0 Å². The minimum absolute atomic E-state index is 0.128. The van der Waals surface area contributed by atoms with Crippen LogP contribution >= 0.6 is 0 Å². The molecule has 0 radical (unpaired) electrons. The van der Waals surface area contributed by atoms with E-state index in [0.29, 0.717) is 13.0 Å². The van der Waals surface area contributed by atoms with Crippen molar-refractivity contribution >= 4 is 11.6 Å². The Morgan fingerprint density at radius 2 is 2.22 bits per heavy atom. The minimum Gasteiger partial charge on any atom is -0.504 e. The van der Waals surface area contributed by atoms with E-state index in [-0.39, 0.29) is 28.7 Å². The van der Waals surface area contributed by atoms with Crippen LogP contribution in [0.2, 0.25) is 0 Å². The number of hydrogen-bond donors (Lipinski definition) is 1. The van der Waals surface area contributed by atoms with Crippen molar-refractivity contribution < 1.29 is 19.4 Å². The fourth-order valence-electron chi connectivity index (χ4n) is 2.10. The number of carbonyl (C=O) groups is 2. The van der Waals surface area contributed by atoms with Crippen molar-refractivity contribution in [2.24, 2.45) is 5.92 Å². The largest absolute Gasteiger partial charge is 0.504 e. The van der Waals surface area contributed by atoms with Gasteiger partial charge in [-0.1, -0.05) is 19.4 Å². The predicted molar refractivity (Wildman–Crippen MR) is 65.9 cm³/mol. The Kier molecular flexibility index (Phi) is 3.65. The lowest BCUT2D eigenvalue weighted by Gasteiger charge is -2.24. The van der Waals surface area contributed by atoms with Gasteiger partial charge in [-0.15, -0.1) is 0 Å². The van der Waals surface area contributed by atoms with Crippen molar-refractivity contribution in [1.82, 2.24) is 0 Å². The second-order valence-corrected chi connectivity index (χ2v) is 4.43. The van der Waals surface area contributed by atoms with E-state index in [9.17, 15) is 14.7 Å². The lowest BCUT2D eigenvalue weighted by Crippen LogP contribution is -2.28. The van der Waals surface area contributed by atoms with E-state index in [1.54, 1.807) is 6.08 Å². The Morgan fingerprint density at radius 1 is 1.44 bits per heavy atom. The Morgan fingerprint density at radius 3 is 2.94 bits per heavy atom. The third-order valence-electron chi connectivity index (χ3n) is 3.12. The number of fused-ring (bicyclic) bond motifs is 1. The first-order chi connectivity index (χ1) is 8.65. The zero-order valence-corrected chi connectivity index (χ0v) is 10.3. The van der Waals surface area contributed by atoms with Gasteiger partial charge in [0, 0.05) is 6.08 Å². The number of aliphatic hydroxyl groups is 1. The molecule has 4 heteroatoms. The highest BCUT2D eigenvalue weighted by Gasteiger charge is 2.35. The van der Waals surface area contributed by atoms with Crippen LogP contribution in [0.1, 0.15) is 26.2 Å². The quantitative estimate of drug-likeness (QED) is 0.775. The van der Waals surface area contributed by atoms with Crippen molar-refractivity contribution in [3.8, 4) is 0 Å². The summed E-state index contributed by atoms with van der Waals surface area (Å²) in [5.41, 5.74) is 0.177. The number of rotatable bonds is 4. The van der Waals surface area contributed by atoms with Crippen LogP contribution in [0.3, 0.4) is 0 Å². The first-order valence-corrected chi connectivity index (χ1v) is 6.17. The van der Waals surface area contributed by atoms with Gasteiger partial charge >= 0.3 is 0 Å². The Hall–Kier alpha value is -1.84. The fraction of sp³-hybridized carbons (Fsp3) is 0.429. The van der Waals surface area contributed by atoms with Gasteiger partial charge < -0.3 is 9.84 Å². The average Bonchev–Trinajstić information content (AvgIpc) is 2.35. The second kappa shape index (κ2) is 5.21. The van der Waals surface area contributed by atoms with Gasteiger partial charge in [0.1, 0.15) is 0 Å². The highest BCUT2D eigenvalue weighted by Crippen LogP contribution is 2.33. The van der Waals surface area contributed by atoms with E-state index >= 15 is 0 Å². The fourth-order valence-corrected chi connectivity index (χ4v) is 2.10. The molecule has 0 aliphatic heterocycles. The van der Waals surface area contributed by atoms with Gasteiger partial charge in [0.25, 0.3) is 0 Å². The highest BCUT2D eigenvalue weighted by atomic mass is 16.5. The molecule has 18 heavy (non-hydrogen) atoms. The van der Waals surface area contributed by atoms with Gasteiger partial charge in [0.2, 0.25) is 0 Å². The molecule has 2 aliphatic rings. The van der Waals surface area contributed by atoms with Gasteiger partial charge in [-0.25, -0.2) is 0 Å². The SMILES string of the molecule is CCCCOC1=CC(=O)C2CC=CC(=O)C2=C1O. The lowest BCUT2D eigenvalue weighted by molar-refractivity contribution is -0.120. The molecular weight excluding hydrogens is 232 g/mol. The van der Waals surface area contributed by atoms with Gasteiger partial charge in [-0.2, -0.15) is 0 Å². The lowest BCUT2D eigenvalue weighted by atomic mass is 9.80. The van der Waals surface area contributed by atoms with Crippen LogP contribution in [0, 0.1) is 5.92 Å². The molecule has 1 unspecified atom stereocenters. The summed E-state index contributed by atoms with van der Waals surface area (Å²) in [6, 6.07) is 0. The number of unbranched alkanes of at least 4 members (excludes halogenated alkanes) is 1. The summed E-state index contributed by atoms with van der Waals surface area (Å²) in [4.78, 5) is 23.6. The highest BCUT2D eigenvalue weighted by molar-refractivity contribution is 6.13. The summed E-state index contributed by atoms with van der Waals surface area (Å²) in [5.74, 6) is -1.07. The summed E-state index contributed by atoms with van der Waals surface area (Å²) in [7, 11) is 0. The summed E-state index contributed by atoms with van der Waals surface area (Å²) in [6.07, 6.45) is 6.62. The third-order valence-corrected chi connectivity index (χ3v) is 3.12. The summed E-state index contributed by atoms with van der Waals surface area (Å²) in [6.45, 7) is 2.45. The Labute approximate surface area is 106 Å². The van der Waals surface area contributed by atoms with E-state index in [1.165, 1.54) is 12.2 Å². The summed E-state index contributed by atoms with van der Waals surface area (Å²) in [5, 5.41) is 10.0. The van der Waals surface area contributed by atoms with E-state index in [2.05, 4.69) is 0 Å². The normalized spacial score (nSPS) is 22.9. The number of aliphatic hydroxyl groups excluding tert-OH is 1. The average molecular weight is 248 g/mol. The monoisotopic (exact) mass is 248 g/mol. The summed E-state index contributed by atoms with van der Waals surface area (Å²) >= 11 is 0. The maximum absolute atomic E-state index is 11.9. The van der Waals surface area contributed by atoms with E-state index in [1.807, 2.05) is 6.92 Å². The molecule has 0 fully saturated rings. The first kappa shape index (κ1) is 12.6. The Bertz CT molecular complexity index is 468. The number of hydrogen-bond acceptors (Lipinski definition) is 4. The Balaban J connectivity index is 2.25. The molecule has 0 amide bonds. The van der Waals surface area contributed by atoms with E-state index < -0.39 is 5.92 Å². The number of ketones is 2. The van der Waals surface area contributed by atoms with Crippen LogP contribution in [-0.2, 0) is 14.3 Å². The van der Waals surface area contributed by atoms with Gasteiger partial charge in [-0.05, 0) is 18.9 Å². The van der Waals surface area contributed by atoms with Crippen molar-refractivity contribution in [3.05, 3.63) is 35.3 Å². The minimum atomic E-state index is -0.541. The van der Waals surface area contributed by atoms with Crippen LogP contribution < -0.4 is 0 Å². The topological polar surface area (TPSA) is 63.6 Å². The van der Waals surface area contributed by atoms with Crippen molar-refractivity contribution in [1.29, 1.82) is 0 Å². The molecule has 4 nitrogen and oxygen atoms in total. The van der Waals surface area contributed by atoms with Gasteiger partial charge in [-0.3, -0.25) is 9.59 Å². The zero-order chi connectivity index (χ0) is 13.1. The molecular formula is C14H16O4. The summed E-state index contributed by atoms with van der Waals surface area (Å²) < 4.78 is 5.36. The molecule has 0 spiro atoms. The van der Waals surface area contributed by atoms with Crippen LogP contribution in [0.15, 0.2) is 35.3 Å². The molecule has 0 aromatic carbocycles. The molecule has 0 saturated heterocycles. The molecule has 96 valence electrons. The first-order valence-electron chi connectivity index (χ1n) is 6.17. The number of ether oxygens (including phenoxy) is 1. The van der Waals surface area contributed by atoms with E-state index in [4.69, 9.17) is 4.74 Å². The molecule has 0 aromatic heterocycles. The van der Waals surface area contributed by atoms with E-state index in [0.717, 1.165) is 12.8 Å². The molecule has 0 bridgehead atoms. The smallest absolute Gasteiger partial charge is 0.186 e. The maximum Gasteiger partial charge on any atom is 0.186 e. The van der Waals surface area contributed by atoms with Crippen molar-refractivity contribution in [3.63, 3.8) is 0 Å². The molecule has 0 saturated carbocycles. The third kappa shape index (κ3) is 2.23.